The molecule has 0 saturated heterocycles. The van der Waals surface area contributed by atoms with Crippen molar-refractivity contribution in [3.8, 4) is 16.8 Å². The molecule has 182 valence electrons. The standard InChI is InChI=1S/C28H22N6O2S/c1-16-11-19(13-29-26(16)35)21-10-6-7-18-12-22(34(28(36)23(18)21)20-8-4-3-5-9-20)17(2)33-25-24-27(31-14-30-25)37-15-32-24/h3-15,17H,1-2H3,(H,29,35)(H,30,31,33)/t17-/m0/s1. The van der Waals surface area contributed by atoms with Gasteiger partial charge in [0.1, 0.15) is 16.7 Å². The van der Waals surface area contributed by atoms with Gasteiger partial charge < -0.3 is 10.3 Å². The van der Waals surface area contributed by atoms with E-state index in [0.717, 1.165) is 32.7 Å². The number of fused-ring (bicyclic) bond motifs is 2. The molecule has 0 radical (unpaired) electrons. The molecule has 0 aliphatic carbocycles. The first-order valence-corrected chi connectivity index (χ1v) is 12.6. The summed E-state index contributed by atoms with van der Waals surface area (Å²) in [5, 5.41) is 4.83. The number of aromatic amines is 1. The predicted molar refractivity (Wildman–Crippen MR) is 148 cm³/mol. The fourth-order valence-electron chi connectivity index (χ4n) is 4.62. The Hall–Kier alpha value is -4.63. The van der Waals surface area contributed by atoms with E-state index in [1.54, 1.807) is 23.2 Å². The molecule has 4 heterocycles. The minimum atomic E-state index is -0.281. The van der Waals surface area contributed by atoms with Crippen LogP contribution in [0, 0.1) is 6.92 Å². The van der Waals surface area contributed by atoms with Crippen LogP contribution < -0.4 is 16.4 Å². The Morgan fingerprint density at radius 2 is 1.84 bits per heavy atom. The zero-order chi connectivity index (χ0) is 25.5. The van der Waals surface area contributed by atoms with E-state index in [0.29, 0.717) is 22.3 Å². The van der Waals surface area contributed by atoms with Gasteiger partial charge in [-0.15, -0.1) is 11.3 Å². The van der Waals surface area contributed by atoms with Gasteiger partial charge in [-0.05, 0) is 54.6 Å². The molecule has 1 atom stereocenters. The van der Waals surface area contributed by atoms with Crippen LogP contribution in [0.5, 0.6) is 0 Å². The SMILES string of the molecule is Cc1cc(-c2cccc3cc([C@H](C)Nc4ncnc5scnc45)n(-c4ccccc4)c(=O)c23)c[nH]c1=O. The third-order valence-electron chi connectivity index (χ3n) is 6.42. The van der Waals surface area contributed by atoms with Crippen LogP contribution in [-0.2, 0) is 0 Å². The topological polar surface area (TPSA) is 106 Å². The zero-order valence-electron chi connectivity index (χ0n) is 20.1. The van der Waals surface area contributed by atoms with Crippen LogP contribution in [0.2, 0.25) is 0 Å². The summed E-state index contributed by atoms with van der Waals surface area (Å²) in [6.45, 7) is 3.75. The number of thiazole rings is 1. The molecule has 0 fully saturated rings. The molecule has 2 N–H and O–H groups in total. The Labute approximate surface area is 215 Å². The molecular weight excluding hydrogens is 484 g/mol. The van der Waals surface area contributed by atoms with Gasteiger partial charge in [0.05, 0.1) is 16.9 Å². The van der Waals surface area contributed by atoms with Crippen LogP contribution >= 0.6 is 11.3 Å². The fourth-order valence-corrected chi connectivity index (χ4v) is 5.24. The van der Waals surface area contributed by atoms with Gasteiger partial charge in [-0.2, -0.15) is 0 Å². The first-order chi connectivity index (χ1) is 18.0. The molecule has 8 nitrogen and oxygen atoms in total. The van der Waals surface area contributed by atoms with Gasteiger partial charge in [-0.1, -0.05) is 36.4 Å². The molecular formula is C28H22N6O2S. The van der Waals surface area contributed by atoms with Gasteiger partial charge in [0.2, 0.25) is 0 Å². The van der Waals surface area contributed by atoms with Crippen molar-refractivity contribution in [3.63, 3.8) is 0 Å². The summed E-state index contributed by atoms with van der Waals surface area (Å²) < 4.78 is 1.74. The highest BCUT2D eigenvalue weighted by Gasteiger charge is 2.20. The van der Waals surface area contributed by atoms with Crippen molar-refractivity contribution in [2.24, 2.45) is 0 Å². The van der Waals surface area contributed by atoms with E-state index < -0.39 is 0 Å². The minimum absolute atomic E-state index is 0.145. The normalized spacial score (nSPS) is 12.2. The Kier molecular flexibility index (Phi) is 5.61. The monoisotopic (exact) mass is 506 g/mol. The lowest BCUT2D eigenvalue weighted by Crippen LogP contribution is -2.26. The van der Waals surface area contributed by atoms with Crippen LogP contribution in [0.1, 0.15) is 24.2 Å². The second-order valence-electron chi connectivity index (χ2n) is 8.81. The number of hydrogen-bond donors (Lipinski definition) is 2. The molecule has 0 unspecified atom stereocenters. The summed E-state index contributed by atoms with van der Waals surface area (Å²) in [7, 11) is 0. The van der Waals surface area contributed by atoms with E-state index >= 15 is 0 Å². The Morgan fingerprint density at radius 1 is 1.00 bits per heavy atom. The molecule has 6 rings (SSSR count). The number of anilines is 1. The minimum Gasteiger partial charge on any atom is -0.360 e. The number of nitrogens with one attached hydrogen (secondary N) is 2. The van der Waals surface area contributed by atoms with E-state index in [4.69, 9.17) is 0 Å². The van der Waals surface area contributed by atoms with Crippen molar-refractivity contribution in [1.29, 1.82) is 0 Å². The van der Waals surface area contributed by atoms with Crippen LogP contribution in [0.15, 0.2) is 88.3 Å². The molecule has 0 spiro atoms. The third-order valence-corrected chi connectivity index (χ3v) is 7.15. The largest absolute Gasteiger partial charge is 0.360 e. The van der Waals surface area contributed by atoms with Crippen molar-refractivity contribution in [3.05, 3.63) is 111 Å². The highest BCUT2D eigenvalue weighted by Crippen LogP contribution is 2.31. The van der Waals surface area contributed by atoms with Crippen molar-refractivity contribution in [2.75, 3.05) is 5.32 Å². The van der Waals surface area contributed by atoms with Gasteiger partial charge in [-0.3, -0.25) is 14.2 Å². The summed E-state index contributed by atoms with van der Waals surface area (Å²) in [5.41, 5.74) is 5.82. The molecule has 0 aliphatic heterocycles. The summed E-state index contributed by atoms with van der Waals surface area (Å²) >= 11 is 1.45. The quantitative estimate of drug-likeness (QED) is 0.332. The number of pyridine rings is 2. The average Bonchev–Trinajstić information content (AvgIpc) is 3.40. The second kappa shape index (κ2) is 9.11. The number of H-pyrrole nitrogens is 1. The van der Waals surface area contributed by atoms with Crippen molar-refractivity contribution < 1.29 is 0 Å². The van der Waals surface area contributed by atoms with Gasteiger partial charge >= 0.3 is 0 Å². The van der Waals surface area contributed by atoms with E-state index in [1.807, 2.05) is 67.6 Å². The van der Waals surface area contributed by atoms with Gasteiger partial charge in [0.25, 0.3) is 11.1 Å². The lowest BCUT2D eigenvalue weighted by molar-refractivity contribution is 0.774. The van der Waals surface area contributed by atoms with Crippen LogP contribution in [0.4, 0.5) is 5.82 Å². The number of para-hydroxylation sites is 1. The van der Waals surface area contributed by atoms with Gasteiger partial charge in [0, 0.05) is 23.1 Å². The van der Waals surface area contributed by atoms with E-state index in [9.17, 15) is 9.59 Å². The van der Waals surface area contributed by atoms with Gasteiger partial charge in [-0.25, -0.2) is 15.0 Å². The van der Waals surface area contributed by atoms with E-state index in [2.05, 4.69) is 25.3 Å². The first kappa shape index (κ1) is 22.8. The number of aryl methyl sites for hydroxylation is 1. The average molecular weight is 507 g/mol. The van der Waals surface area contributed by atoms with E-state index in [-0.39, 0.29) is 17.2 Å². The summed E-state index contributed by atoms with van der Waals surface area (Å²) in [6, 6.07) is 18.9. The lowest BCUT2D eigenvalue weighted by Gasteiger charge is -2.22. The second-order valence-corrected chi connectivity index (χ2v) is 9.64. The van der Waals surface area contributed by atoms with Crippen LogP contribution in [0.25, 0.3) is 37.9 Å². The maximum atomic E-state index is 14.3. The van der Waals surface area contributed by atoms with Crippen LogP contribution in [-0.4, -0.2) is 24.5 Å². The Bertz CT molecular complexity index is 1890. The number of aromatic nitrogens is 5. The first-order valence-electron chi connectivity index (χ1n) is 11.8. The van der Waals surface area contributed by atoms with Crippen molar-refractivity contribution in [2.45, 2.75) is 19.9 Å². The highest BCUT2D eigenvalue weighted by atomic mass is 32.1. The molecule has 9 heteroatoms. The predicted octanol–water partition coefficient (Wildman–Crippen LogP) is 5.23. The molecule has 4 aromatic heterocycles. The molecule has 0 amide bonds. The van der Waals surface area contributed by atoms with Crippen molar-refractivity contribution in [1.82, 2.24) is 24.5 Å². The molecule has 0 aliphatic rings. The van der Waals surface area contributed by atoms with Crippen molar-refractivity contribution >= 4 is 38.3 Å². The summed E-state index contributed by atoms with van der Waals surface area (Å²) in [5.74, 6) is 0.614. The lowest BCUT2D eigenvalue weighted by atomic mass is 9.98. The number of rotatable bonds is 5. The summed E-state index contributed by atoms with van der Waals surface area (Å²) in [6.07, 6.45) is 3.17. The Morgan fingerprint density at radius 3 is 2.65 bits per heavy atom. The molecule has 2 aromatic carbocycles. The number of nitrogens with zero attached hydrogens (tertiary/aromatic N) is 4. The fraction of sp³-hybridized carbons (Fsp3) is 0.107. The molecule has 6 aromatic rings. The molecule has 37 heavy (non-hydrogen) atoms. The molecule has 0 saturated carbocycles. The van der Waals surface area contributed by atoms with Crippen LogP contribution in [0.3, 0.4) is 0 Å². The molecule has 0 bridgehead atoms. The smallest absolute Gasteiger partial charge is 0.263 e. The maximum absolute atomic E-state index is 14.3. The third kappa shape index (κ3) is 3.99. The maximum Gasteiger partial charge on any atom is 0.263 e. The number of benzene rings is 2. The van der Waals surface area contributed by atoms with Gasteiger partial charge in [0.15, 0.2) is 5.82 Å². The number of hydrogen-bond acceptors (Lipinski definition) is 7. The van der Waals surface area contributed by atoms with E-state index in [1.165, 1.54) is 17.7 Å². The highest BCUT2D eigenvalue weighted by molar-refractivity contribution is 7.16. The zero-order valence-corrected chi connectivity index (χ0v) is 20.9. The summed E-state index contributed by atoms with van der Waals surface area (Å²) in [4.78, 5) is 42.9. The Balaban J connectivity index is 1.58.